The number of H-pyrrole nitrogens is 1. The molecule has 0 radical (unpaired) electrons. The van der Waals surface area contributed by atoms with E-state index >= 15 is 0 Å². The Morgan fingerprint density at radius 2 is 1.58 bits per heavy atom. The quantitative estimate of drug-likeness (QED) is 0.252. The number of carbonyl (C=O) groups is 1. The van der Waals surface area contributed by atoms with E-state index in [4.69, 9.17) is 18.9 Å². The molecule has 10 nitrogen and oxygen atoms in total. The summed E-state index contributed by atoms with van der Waals surface area (Å²) in [6, 6.07) is 10.3. The zero-order valence-corrected chi connectivity index (χ0v) is 22.8. The second-order valence-electron chi connectivity index (χ2n) is 8.29. The van der Waals surface area contributed by atoms with Crippen molar-refractivity contribution in [2.24, 2.45) is 5.10 Å². The number of methoxy groups -OCH3 is 1. The molecule has 10 heteroatoms. The van der Waals surface area contributed by atoms with Crippen molar-refractivity contribution in [3.63, 3.8) is 0 Å². The molecule has 0 aliphatic heterocycles. The molecule has 0 atom stereocenters. The molecule has 0 aliphatic carbocycles. The maximum Gasteiger partial charge on any atom is 0.280 e. The van der Waals surface area contributed by atoms with E-state index in [0.29, 0.717) is 66.2 Å². The first kappa shape index (κ1) is 28.4. The summed E-state index contributed by atoms with van der Waals surface area (Å²) in [6.07, 6.45) is 1.46. The Morgan fingerprint density at radius 1 is 0.974 bits per heavy atom. The van der Waals surface area contributed by atoms with Crippen molar-refractivity contribution in [3.8, 4) is 28.7 Å². The monoisotopic (exact) mass is 524 g/mol. The number of nitrogens with zero attached hydrogens (tertiary/aromatic N) is 2. The number of hydrogen-bond donors (Lipinski definition) is 2. The lowest BCUT2D eigenvalue weighted by Crippen LogP contribution is -2.23. The number of aromatic nitrogens is 2. The molecule has 0 unspecified atom stereocenters. The number of carbonyl (C=O) groups excluding carboxylic acids is 1. The molecular weight excluding hydrogens is 488 g/mol. The Hall–Kier alpha value is -4.21. The topological polar surface area (TPSA) is 116 Å². The van der Waals surface area contributed by atoms with Gasteiger partial charge in [-0.15, -0.1) is 0 Å². The van der Waals surface area contributed by atoms with E-state index in [9.17, 15) is 9.59 Å². The van der Waals surface area contributed by atoms with Crippen LogP contribution in [0.25, 0.3) is 5.69 Å². The minimum Gasteiger partial charge on any atom is -0.497 e. The molecule has 0 bridgehead atoms. The lowest BCUT2D eigenvalue weighted by atomic mass is 10.1. The molecule has 0 aliphatic rings. The SMILES string of the molecule is CCCc1[nH]n(-c2ccc(OC)cc2)c(=O)c1C(C)=NNC(=O)c1cc(OCC)c(OCC)c(OCC)c1. The highest BCUT2D eigenvalue weighted by Gasteiger charge is 2.20. The number of amides is 1. The normalized spacial score (nSPS) is 11.3. The van der Waals surface area contributed by atoms with Gasteiger partial charge in [0.15, 0.2) is 11.5 Å². The van der Waals surface area contributed by atoms with Gasteiger partial charge in [-0.2, -0.15) is 5.10 Å². The molecular formula is C28H36N4O6. The van der Waals surface area contributed by atoms with Gasteiger partial charge in [-0.05, 0) is 70.5 Å². The summed E-state index contributed by atoms with van der Waals surface area (Å²) in [6.45, 7) is 10.5. The van der Waals surface area contributed by atoms with Gasteiger partial charge < -0.3 is 18.9 Å². The Balaban J connectivity index is 1.94. The molecule has 3 rings (SSSR count). The van der Waals surface area contributed by atoms with E-state index in [1.54, 1.807) is 50.4 Å². The van der Waals surface area contributed by atoms with Gasteiger partial charge in [0.2, 0.25) is 5.75 Å². The molecule has 0 spiro atoms. The van der Waals surface area contributed by atoms with Crippen LogP contribution in [0.3, 0.4) is 0 Å². The van der Waals surface area contributed by atoms with Crippen molar-refractivity contribution in [2.75, 3.05) is 26.9 Å². The van der Waals surface area contributed by atoms with Gasteiger partial charge in [-0.1, -0.05) is 13.3 Å². The van der Waals surface area contributed by atoms with E-state index in [0.717, 1.165) is 12.1 Å². The molecule has 1 amide bonds. The second kappa shape index (κ2) is 13.4. The van der Waals surface area contributed by atoms with Crippen molar-refractivity contribution in [1.82, 2.24) is 15.2 Å². The van der Waals surface area contributed by atoms with Crippen molar-refractivity contribution in [2.45, 2.75) is 47.5 Å². The summed E-state index contributed by atoms with van der Waals surface area (Å²) < 4.78 is 23.8. The van der Waals surface area contributed by atoms with Crippen LogP contribution in [-0.4, -0.2) is 48.3 Å². The Kier molecular flexibility index (Phi) is 9.98. The first-order valence-corrected chi connectivity index (χ1v) is 12.8. The number of nitrogens with one attached hydrogen (secondary N) is 2. The molecule has 3 aromatic rings. The van der Waals surface area contributed by atoms with Crippen LogP contribution >= 0.6 is 0 Å². The molecule has 2 N–H and O–H groups in total. The van der Waals surface area contributed by atoms with E-state index in [1.165, 1.54) is 4.68 Å². The van der Waals surface area contributed by atoms with E-state index < -0.39 is 5.91 Å². The highest BCUT2D eigenvalue weighted by Crippen LogP contribution is 2.39. The third-order valence-electron chi connectivity index (χ3n) is 5.65. The molecule has 0 saturated carbocycles. The predicted octanol–water partition coefficient (Wildman–Crippen LogP) is 4.48. The van der Waals surface area contributed by atoms with Crippen LogP contribution in [0.2, 0.25) is 0 Å². The summed E-state index contributed by atoms with van der Waals surface area (Å²) in [7, 11) is 1.59. The van der Waals surface area contributed by atoms with Gasteiger partial charge in [-0.25, -0.2) is 10.1 Å². The molecule has 0 fully saturated rings. The van der Waals surface area contributed by atoms with Crippen molar-refractivity contribution in [3.05, 3.63) is 63.6 Å². The standard InChI is InChI=1S/C28H36N4O6/c1-7-11-22-25(28(34)32(31-22)20-12-14-21(35-6)15-13-20)18(5)29-30-27(33)19-16-23(36-8-2)26(38-10-4)24(17-19)37-9-3/h12-17,31H,7-11H2,1-6H3,(H,30,33). The lowest BCUT2D eigenvalue weighted by Gasteiger charge is -2.16. The summed E-state index contributed by atoms with van der Waals surface area (Å²) >= 11 is 0. The van der Waals surface area contributed by atoms with Crippen molar-refractivity contribution >= 4 is 11.6 Å². The second-order valence-corrected chi connectivity index (χ2v) is 8.29. The number of rotatable bonds is 13. The minimum atomic E-state index is -0.475. The van der Waals surface area contributed by atoms with Gasteiger partial charge in [0.05, 0.1) is 43.9 Å². The zero-order chi connectivity index (χ0) is 27.7. The maximum absolute atomic E-state index is 13.4. The van der Waals surface area contributed by atoms with Crippen LogP contribution in [-0.2, 0) is 6.42 Å². The van der Waals surface area contributed by atoms with Crippen LogP contribution in [0.1, 0.15) is 62.7 Å². The zero-order valence-electron chi connectivity index (χ0n) is 22.8. The van der Waals surface area contributed by atoms with Gasteiger partial charge in [0.1, 0.15) is 5.75 Å². The van der Waals surface area contributed by atoms with E-state index in [2.05, 4.69) is 15.6 Å². The third-order valence-corrected chi connectivity index (χ3v) is 5.65. The summed E-state index contributed by atoms with van der Waals surface area (Å²) in [4.78, 5) is 26.4. The van der Waals surface area contributed by atoms with Crippen LogP contribution in [0.5, 0.6) is 23.0 Å². The maximum atomic E-state index is 13.4. The predicted molar refractivity (Wildman–Crippen MR) is 147 cm³/mol. The van der Waals surface area contributed by atoms with Gasteiger partial charge in [0, 0.05) is 11.3 Å². The Morgan fingerprint density at radius 3 is 2.11 bits per heavy atom. The number of aryl methyl sites for hydroxylation is 1. The fourth-order valence-corrected chi connectivity index (χ4v) is 3.97. The molecule has 1 aromatic heterocycles. The average Bonchev–Trinajstić information content (AvgIpc) is 3.24. The van der Waals surface area contributed by atoms with Crippen LogP contribution in [0.15, 0.2) is 46.3 Å². The average molecular weight is 525 g/mol. The number of aromatic amines is 1. The fraction of sp³-hybridized carbons (Fsp3) is 0.393. The lowest BCUT2D eigenvalue weighted by molar-refractivity contribution is 0.0953. The number of ether oxygens (including phenoxy) is 4. The number of hydrazone groups is 1. The molecule has 0 saturated heterocycles. The molecule has 38 heavy (non-hydrogen) atoms. The number of hydrogen-bond acceptors (Lipinski definition) is 7. The first-order chi connectivity index (χ1) is 18.4. The summed E-state index contributed by atoms with van der Waals surface area (Å²) in [5.41, 5.74) is 4.80. The summed E-state index contributed by atoms with van der Waals surface area (Å²) in [5, 5.41) is 7.46. The molecule has 1 heterocycles. The molecule has 2 aromatic carbocycles. The van der Waals surface area contributed by atoms with Gasteiger partial charge in [0.25, 0.3) is 11.5 Å². The Bertz CT molecular complexity index is 1300. The first-order valence-electron chi connectivity index (χ1n) is 12.8. The largest absolute Gasteiger partial charge is 0.497 e. The van der Waals surface area contributed by atoms with E-state index in [-0.39, 0.29) is 11.1 Å². The third kappa shape index (κ3) is 6.37. The van der Waals surface area contributed by atoms with Gasteiger partial charge in [-0.3, -0.25) is 14.7 Å². The van der Waals surface area contributed by atoms with E-state index in [1.807, 2.05) is 27.7 Å². The molecule has 204 valence electrons. The van der Waals surface area contributed by atoms with Crippen molar-refractivity contribution < 1.29 is 23.7 Å². The Labute approximate surface area is 222 Å². The van der Waals surface area contributed by atoms with Crippen molar-refractivity contribution in [1.29, 1.82) is 0 Å². The summed E-state index contributed by atoms with van der Waals surface area (Å²) in [5.74, 6) is 1.48. The van der Waals surface area contributed by atoms with Crippen LogP contribution in [0, 0.1) is 0 Å². The minimum absolute atomic E-state index is 0.257. The van der Waals surface area contributed by atoms with Crippen LogP contribution in [0.4, 0.5) is 0 Å². The van der Waals surface area contributed by atoms with Gasteiger partial charge >= 0.3 is 0 Å². The highest BCUT2D eigenvalue weighted by atomic mass is 16.5. The van der Waals surface area contributed by atoms with Crippen LogP contribution < -0.4 is 29.9 Å². The highest BCUT2D eigenvalue weighted by molar-refractivity contribution is 6.01. The fourth-order valence-electron chi connectivity index (χ4n) is 3.97. The smallest absolute Gasteiger partial charge is 0.280 e. The number of benzene rings is 2.